The molecule has 0 bridgehead atoms. The Kier molecular flexibility index (Phi) is 5.69. The Morgan fingerprint density at radius 2 is 1.66 bits per heavy atom. The molecule has 0 fully saturated rings. The number of hydrogen-bond acceptors (Lipinski definition) is 5. The largest absolute Gasteiger partial charge is 0.450 e. The van der Waals surface area contributed by atoms with E-state index in [1.165, 1.54) is 42.5 Å². The van der Waals surface area contributed by atoms with Crippen LogP contribution in [-0.4, -0.2) is 5.97 Å². The maximum Gasteiger partial charge on any atom is 0.450 e. The minimum absolute atomic E-state index is 0.00408. The van der Waals surface area contributed by atoms with E-state index in [1.807, 2.05) is 0 Å². The number of furan rings is 1. The lowest BCUT2D eigenvalue weighted by molar-refractivity contribution is -0.152. The quantitative estimate of drug-likeness (QED) is 0.165. The van der Waals surface area contributed by atoms with Crippen molar-refractivity contribution in [2.45, 2.75) is 6.18 Å². The molecular formula is C25H11BrClF3O5. The summed E-state index contributed by atoms with van der Waals surface area (Å²) in [5, 5.41) is 0.841. The highest BCUT2D eigenvalue weighted by atomic mass is 79.9. The summed E-state index contributed by atoms with van der Waals surface area (Å²) in [4.78, 5) is 25.6. The molecule has 0 radical (unpaired) electrons. The lowest BCUT2D eigenvalue weighted by Crippen LogP contribution is -2.16. The second kappa shape index (κ2) is 8.58. The average molecular weight is 564 g/mol. The average Bonchev–Trinajstić information content (AvgIpc) is 3.22. The van der Waals surface area contributed by atoms with Crippen LogP contribution in [0.3, 0.4) is 0 Å². The van der Waals surface area contributed by atoms with Crippen molar-refractivity contribution in [1.29, 1.82) is 0 Å². The summed E-state index contributed by atoms with van der Waals surface area (Å²) in [7, 11) is 0. The highest BCUT2D eigenvalue weighted by molar-refractivity contribution is 9.10. The van der Waals surface area contributed by atoms with Gasteiger partial charge in [0.2, 0.25) is 16.9 Å². The van der Waals surface area contributed by atoms with Gasteiger partial charge in [-0.3, -0.25) is 4.79 Å². The van der Waals surface area contributed by atoms with Crippen molar-refractivity contribution in [3.63, 3.8) is 0 Å². The summed E-state index contributed by atoms with van der Waals surface area (Å²) < 4.78 is 58.1. The second-order valence-corrected chi connectivity index (χ2v) is 8.83. The first-order valence-electron chi connectivity index (χ1n) is 9.95. The van der Waals surface area contributed by atoms with Crippen molar-refractivity contribution in [3.8, 4) is 16.9 Å². The van der Waals surface area contributed by atoms with Crippen LogP contribution in [0.2, 0.25) is 5.02 Å². The molecule has 0 atom stereocenters. The molecule has 3 aromatic carbocycles. The first kappa shape index (κ1) is 23.2. The number of alkyl halides is 3. The summed E-state index contributed by atoms with van der Waals surface area (Å²) in [6.45, 7) is 0. The van der Waals surface area contributed by atoms with Crippen molar-refractivity contribution in [3.05, 3.63) is 98.0 Å². The molecule has 0 aliphatic heterocycles. The van der Waals surface area contributed by atoms with Crippen molar-refractivity contribution in [2.75, 3.05) is 0 Å². The fraction of sp³-hybridized carbons (Fsp3) is 0.0400. The molecule has 0 aliphatic carbocycles. The maximum absolute atomic E-state index is 13.8. The molecule has 0 saturated carbocycles. The fourth-order valence-corrected chi connectivity index (χ4v) is 4.09. The van der Waals surface area contributed by atoms with Gasteiger partial charge in [-0.25, -0.2) is 4.79 Å². The molecule has 0 aliphatic rings. The van der Waals surface area contributed by atoms with Crippen molar-refractivity contribution in [1.82, 2.24) is 0 Å². The lowest BCUT2D eigenvalue weighted by atomic mass is 10.0. The number of carbonyl (C=O) groups is 1. The molecule has 2 heterocycles. The Morgan fingerprint density at radius 1 is 0.914 bits per heavy atom. The number of ether oxygens (including phenoxy) is 1. The van der Waals surface area contributed by atoms with E-state index >= 15 is 0 Å². The third kappa shape index (κ3) is 4.44. The third-order valence-corrected chi connectivity index (χ3v) is 5.89. The topological polar surface area (TPSA) is 69.7 Å². The zero-order valence-electron chi connectivity index (χ0n) is 17.3. The van der Waals surface area contributed by atoms with Crippen LogP contribution in [0.25, 0.3) is 33.1 Å². The number of esters is 1. The monoisotopic (exact) mass is 562 g/mol. The van der Waals surface area contributed by atoms with Gasteiger partial charge in [0.15, 0.2) is 0 Å². The van der Waals surface area contributed by atoms with E-state index < -0.39 is 28.9 Å². The van der Waals surface area contributed by atoms with Gasteiger partial charge in [0.1, 0.15) is 16.9 Å². The van der Waals surface area contributed by atoms with E-state index in [0.29, 0.717) is 16.0 Å². The Hall–Kier alpha value is -3.56. The number of fused-ring (bicyclic) bond motifs is 2. The first-order valence-corrected chi connectivity index (χ1v) is 11.1. The van der Waals surface area contributed by atoms with Crippen LogP contribution < -0.4 is 10.2 Å². The van der Waals surface area contributed by atoms with E-state index in [0.717, 1.165) is 10.5 Å². The molecule has 0 spiro atoms. The van der Waals surface area contributed by atoms with Crippen LogP contribution in [0.4, 0.5) is 13.2 Å². The standard InChI is InChI=1S/C25H11BrClF3O5/c26-14-3-8-18-13(9-14)10-20(34-18)24(32)33-16-6-7-17-19(11-16)35-23(25(28,29)30)21(22(17)31)12-1-4-15(27)5-2-12/h1-11H. The number of carbonyl (C=O) groups excluding carboxylic acids is 1. The van der Waals surface area contributed by atoms with E-state index in [1.54, 1.807) is 18.2 Å². The summed E-state index contributed by atoms with van der Waals surface area (Å²) >= 11 is 9.15. The van der Waals surface area contributed by atoms with Gasteiger partial charge in [-0.05, 0) is 54.1 Å². The summed E-state index contributed by atoms with van der Waals surface area (Å²) in [5.74, 6) is -2.56. The molecule has 0 saturated heterocycles. The van der Waals surface area contributed by atoms with Gasteiger partial charge >= 0.3 is 12.1 Å². The molecule has 2 aromatic heterocycles. The molecule has 10 heteroatoms. The molecule has 0 amide bonds. The van der Waals surface area contributed by atoms with E-state index in [-0.39, 0.29) is 28.0 Å². The van der Waals surface area contributed by atoms with Crippen LogP contribution in [0.15, 0.2) is 84.8 Å². The Balaban J connectivity index is 1.56. The van der Waals surface area contributed by atoms with E-state index in [9.17, 15) is 22.8 Å². The molecule has 0 unspecified atom stereocenters. The Labute approximate surface area is 207 Å². The Bertz CT molecular complexity index is 1670. The van der Waals surface area contributed by atoms with Gasteiger partial charge in [0.05, 0.1) is 10.9 Å². The normalized spacial score (nSPS) is 11.8. The maximum atomic E-state index is 13.8. The molecule has 5 rings (SSSR count). The molecular weight excluding hydrogens is 553 g/mol. The van der Waals surface area contributed by atoms with Crippen molar-refractivity contribution < 1.29 is 31.5 Å². The number of benzene rings is 3. The number of rotatable bonds is 3. The fourth-order valence-electron chi connectivity index (χ4n) is 3.59. The molecule has 0 N–H and O–H groups in total. The second-order valence-electron chi connectivity index (χ2n) is 7.48. The van der Waals surface area contributed by atoms with Gasteiger partial charge in [0.25, 0.3) is 0 Å². The minimum atomic E-state index is -4.96. The zero-order valence-corrected chi connectivity index (χ0v) is 19.6. The van der Waals surface area contributed by atoms with Crippen LogP contribution in [0.5, 0.6) is 5.75 Å². The lowest BCUT2D eigenvalue weighted by Gasteiger charge is -2.13. The van der Waals surface area contributed by atoms with Crippen molar-refractivity contribution in [2.24, 2.45) is 0 Å². The molecule has 5 nitrogen and oxygen atoms in total. The molecule has 176 valence electrons. The zero-order chi connectivity index (χ0) is 24.9. The van der Waals surface area contributed by atoms with Crippen molar-refractivity contribution >= 4 is 55.4 Å². The van der Waals surface area contributed by atoms with E-state index in [4.69, 9.17) is 25.2 Å². The van der Waals surface area contributed by atoms with Crippen LogP contribution in [0.1, 0.15) is 16.3 Å². The van der Waals surface area contributed by atoms with Crippen LogP contribution in [-0.2, 0) is 6.18 Å². The highest BCUT2D eigenvalue weighted by Gasteiger charge is 2.39. The van der Waals surface area contributed by atoms with Gasteiger partial charge in [-0.2, -0.15) is 13.2 Å². The van der Waals surface area contributed by atoms with Crippen LogP contribution in [0, 0.1) is 0 Å². The SMILES string of the molecule is O=C(Oc1ccc2c(=O)c(-c3ccc(Cl)cc3)c(C(F)(F)F)oc2c1)c1cc2cc(Br)ccc2o1. The van der Waals surface area contributed by atoms with Gasteiger partial charge in [-0.1, -0.05) is 39.7 Å². The number of hydrogen-bond donors (Lipinski definition) is 0. The predicted molar refractivity (Wildman–Crippen MR) is 127 cm³/mol. The Morgan fingerprint density at radius 3 is 2.37 bits per heavy atom. The molecule has 35 heavy (non-hydrogen) atoms. The summed E-state index contributed by atoms with van der Waals surface area (Å²) in [5.41, 5.74) is -1.46. The first-order chi connectivity index (χ1) is 16.6. The van der Waals surface area contributed by atoms with Gasteiger partial charge in [-0.15, -0.1) is 0 Å². The molecule has 5 aromatic rings. The predicted octanol–water partition coefficient (Wildman–Crippen LogP) is 7.86. The van der Waals surface area contributed by atoms with Crippen LogP contribution >= 0.6 is 27.5 Å². The smallest absolute Gasteiger partial charge is 0.450 e. The summed E-state index contributed by atoms with van der Waals surface area (Å²) in [6, 6.07) is 15.6. The third-order valence-electron chi connectivity index (χ3n) is 5.14. The van der Waals surface area contributed by atoms with Gasteiger partial charge in [0, 0.05) is 20.9 Å². The van der Waals surface area contributed by atoms with E-state index in [2.05, 4.69) is 15.9 Å². The summed E-state index contributed by atoms with van der Waals surface area (Å²) in [6.07, 6.45) is -4.96. The number of halogens is 5. The van der Waals surface area contributed by atoms with Gasteiger partial charge < -0.3 is 13.6 Å². The highest BCUT2D eigenvalue weighted by Crippen LogP contribution is 2.38. The minimum Gasteiger partial charge on any atom is -0.450 e.